The molecule has 0 spiro atoms. The highest BCUT2D eigenvalue weighted by atomic mass is 16.5. The number of aromatic nitrogens is 2. The molecule has 0 radical (unpaired) electrons. The zero-order valence-electron chi connectivity index (χ0n) is 12.7. The molecule has 5 heteroatoms. The average molecular weight is 284 g/mol. The van der Waals surface area contributed by atoms with Crippen LogP contribution in [0.1, 0.15) is 11.3 Å². The maximum absolute atomic E-state index is 5.18. The third-order valence-electron chi connectivity index (χ3n) is 3.79. The first-order chi connectivity index (χ1) is 10.2. The minimum atomic E-state index is 0.484. The van der Waals surface area contributed by atoms with Gasteiger partial charge in [0, 0.05) is 45.1 Å². The molecule has 1 N–H and O–H groups in total. The average Bonchev–Trinajstić information content (AvgIpc) is 2.88. The van der Waals surface area contributed by atoms with Crippen molar-refractivity contribution in [3.63, 3.8) is 0 Å². The van der Waals surface area contributed by atoms with Crippen molar-refractivity contribution in [2.75, 3.05) is 38.0 Å². The van der Waals surface area contributed by atoms with E-state index >= 15 is 0 Å². The molecule has 0 atom stereocenters. The number of rotatable bonds is 4. The summed E-state index contributed by atoms with van der Waals surface area (Å²) in [4.78, 5) is 11.4. The molecule has 1 aromatic heterocycles. The van der Waals surface area contributed by atoms with Gasteiger partial charge in [0.05, 0.1) is 12.3 Å². The van der Waals surface area contributed by atoms with Gasteiger partial charge in [-0.1, -0.05) is 0 Å². The van der Waals surface area contributed by atoms with E-state index in [0.717, 1.165) is 35.9 Å². The number of ether oxygens (including phenoxy) is 1. The van der Waals surface area contributed by atoms with Gasteiger partial charge in [-0.15, -0.1) is 0 Å². The Morgan fingerprint density at radius 3 is 2.90 bits per heavy atom. The van der Waals surface area contributed by atoms with E-state index in [-0.39, 0.29) is 0 Å². The van der Waals surface area contributed by atoms with Crippen molar-refractivity contribution >= 4 is 11.5 Å². The number of benzene rings is 1. The SMILES string of the molecule is CNc1cc(COC)nc(-c2ccc3c(c2)CCN3C)n1. The lowest BCUT2D eigenvalue weighted by Crippen LogP contribution is -2.12. The predicted molar refractivity (Wildman–Crippen MR) is 84.7 cm³/mol. The summed E-state index contributed by atoms with van der Waals surface area (Å²) in [7, 11) is 5.66. The molecule has 110 valence electrons. The van der Waals surface area contributed by atoms with E-state index in [2.05, 4.69) is 45.4 Å². The van der Waals surface area contributed by atoms with Gasteiger partial charge in [-0.25, -0.2) is 9.97 Å². The molecule has 21 heavy (non-hydrogen) atoms. The smallest absolute Gasteiger partial charge is 0.161 e. The van der Waals surface area contributed by atoms with Crippen molar-refractivity contribution in [3.05, 3.63) is 35.5 Å². The summed E-state index contributed by atoms with van der Waals surface area (Å²) in [6.45, 7) is 1.56. The zero-order chi connectivity index (χ0) is 14.8. The van der Waals surface area contributed by atoms with Gasteiger partial charge in [-0.2, -0.15) is 0 Å². The van der Waals surface area contributed by atoms with Crippen LogP contribution in [0.2, 0.25) is 0 Å². The predicted octanol–water partition coefficient (Wildman–Crippen LogP) is 2.32. The molecular weight excluding hydrogens is 264 g/mol. The molecule has 2 aromatic rings. The van der Waals surface area contributed by atoms with Crippen molar-refractivity contribution in [2.45, 2.75) is 13.0 Å². The Hall–Kier alpha value is -2.14. The molecule has 2 heterocycles. The molecule has 1 aliphatic heterocycles. The second-order valence-corrected chi connectivity index (χ2v) is 5.27. The summed E-state index contributed by atoms with van der Waals surface area (Å²) in [6, 6.07) is 8.35. The minimum absolute atomic E-state index is 0.484. The molecule has 0 saturated carbocycles. The Kier molecular flexibility index (Phi) is 3.75. The zero-order valence-corrected chi connectivity index (χ0v) is 12.7. The number of anilines is 2. The Bertz CT molecular complexity index is 657. The van der Waals surface area contributed by atoms with E-state index in [1.54, 1.807) is 7.11 Å². The number of hydrogen-bond donors (Lipinski definition) is 1. The first kappa shape index (κ1) is 13.8. The van der Waals surface area contributed by atoms with Crippen molar-refractivity contribution in [1.82, 2.24) is 9.97 Å². The van der Waals surface area contributed by atoms with Gasteiger partial charge in [0.1, 0.15) is 5.82 Å². The summed E-state index contributed by atoms with van der Waals surface area (Å²) >= 11 is 0. The lowest BCUT2D eigenvalue weighted by molar-refractivity contribution is 0.181. The number of hydrogen-bond acceptors (Lipinski definition) is 5. The number of likely N-dealkylation sites (N-methyl/N-ethyl adjacent to an activating group) is 1. The summed E-state index contributed by atoms with van der Waals surface area (Å²) in [5.41, 5.74) is 4.60. The quantitative estimate of drug-likeness (QED) is 0.934. The molecule has 0 amide bonds. The molecule has 3 rings (SSSR count). The van der Waals surface area contributed by atoms with Gasteiger partial charge in [0.2, 0.25) is 0 Å². The monoisotopic (exact) mass is 284 g/mol. The van der Waals surface area contributed by atoms with E-state index in [4.69, 9.17) is 4.74 Å². The number of methoxy groups -OCH3 is 1. The second kappa shape index (κ2) is 5.69. The van der Waals surface area contributed by atoms with Gasteiger partial charge in [0.25, 0.3) is 0 Å². The summed E-state index contributed by atoms with van der Waals surface area (Å²) in [6.07, 6.45) is 1.08. The minimum Gasteiger partial charge on any atom is -0.378 e. The van der Waals surface area contributed by atoms with Crippen LogP contribution in [-0.2, 0) is 17.8 Å². The Labute approximate surface area is 125 Å². The second-order valence-electron chi connectivity index (χ2n) is 5.27. The van der Waals surface area contributed by atoms with Crippen LogP contribution in [-0.4, -0.2) is 37.7 Å². The van der Waals surface area contributed by atoms with Crippen LogP contribution in [0.15, 0.2) is 24.3 Å². The Morgan fingerprint density at radius 1 is 1.29 bits per heavy atom. The maximum Gasteiger partial charge on any atom is 0.161 e. The summed E-state index contributed by atoms with van der Waals surface area (Å²) in [5, 5.41) is 3.08. The highest BCUT2D eigenvalue weighted by Gasteiger charge is 2.17. The van der Waals surface area contributed by atoms with Gasteiger partial charge < -0.3 is 15.0 Å². The lowest BCUT2D eigenvalue weighted by Gasteiger charge is -2.12. The van der Waals surface area contributed by atoms with Gasteiger partial charge >= 0.3 is 0 Å². The van der Waals surface area contributed by atoms with Crippen LogP contribution in [0.25, 0.3) is 11.4 Å². The molecule has 0 bridgehead atoms. The van der Waals surface area contributed by atoms with Gasteiger partial charge in [0.15, 0.2) is 5.82 Å². The van der Waals surface area contributed by atoms with Crippen molar-refractivity contribution in [3.8, 4) is 11.4 Å². The Morgan fingerprint density at radius 2 is 2.14 bits per heavy atom. The Balaban J connectivity index is 2.01. The highest BCUT2D eigenvalue weighted by Crippen LogP contribution is 2.30. The van der Waals surface area contributed by atoms with Crippen LogP contribution in [0.4, 0.5) is 11.5 Å². The van der Waals surface area contributed by atoms with Crippen LogP contribution < -0.4 is 10.2 Å². The molecule has 1 aromatic carbocycles. The van der Waals surface area contributed by atoms with Gasteiger partial charge in [-0.3, -0.25) is 0 Å². The van der Waals surface area contributed by atoms with Crippen LogP contribution >= 0.6 is 0 Å². The van der Waals surface area contributed by atoms with Crippen LogP contribution in [0.3, 0.4) is 0 Å². The standard InChI is InChI=1S/C16H20N4O/c1-17-15-9-13(10-21-3)18-16(19-15)12-4-5-14-11(8-12)6-7-20(14)2/h4-5,8-9H,6-7,10H2,1-3H3,(H,17,18,19). The fraction of sp³-hybridized carbons (Fsp3) is 0.375. The molecule has 0 saturated heterocycles. The topological polar surface area (TPSA) is 50.3 Å². The van der Waals surface area contributed by atoms with Crippen molar-refractivity contribution < 1.29 is 4.74 Å². The van der Waals surface area contributed by atoms with Crippen molar-refractivity contribution in [1.29, 1.82) is 0 Å². The normalized spacial score (nSPS) is 13.4. The summed E-state index contributed by atoms with van der Waals surface area (Å²) in [5.74, 6) is 1.55. The molecule has 0 aliphatic carbocycles. The van der Waals surface area contributed by atoms with E-state index < -0.39 is 0 Å². The number of nitrogens with zero attached hydrogens (tertiary/aromatic N) is 3. The molecule has 1 aliphatic rings. The first-order valence-corrected chi connectivity index (χ1v) is 7.10. The largest absolute Gasteiger partial charge is 0.378 e. The third-order valence-corrected chi connectivity index (χ3v) is 3.79. The van der Waals surface area contributed by atoms with E-state index in [9.17, 15) is 0 Å². The molecular formula is C16H20N4O. The molecule has 0 fully saturated rings. The van der Waals surface area contributed by atoms with E-state index in [1.807, 2.05) is 13.1 Å². The first-order valence-electron chi connectivity index (χ1n) is 7.10. The lowest BCUT2D eigenvalue weighted by atomic mass is 10.1. The van der Waals surface area contributed by atoms with Gasteiger partial charge in [-0.05, 0) is 30.2 Å². The number of nitrogens with one attached hydrogen (secondary N) is 1. The fourth-order valence-electron chi connectivity index (χ4n) is 2.68. The van der Waals surface area contributed by atoms with E-state index in [1.165, 1.54) is 11.3 Å². The van der Waals surface area contributed by atoms with Crippen LogP contribution in [0.5, 0.6) is 0 Å². The third kappa shape index (κ3) is 2.69. The van der Waals surface area contributed by atoms with Crippen molar-refractivity contribution in [2.24, 2.45) is 0 Å². The molecule has 0 unspecified atom stereocenters. The maximum atomic E-state index is 5.18. The summed E-state index contributed by atoms with van der Waals surface area (Å²) < 4.78 is 5.18. The van der Waals surface area contributed by atoms with Crippen LogP contribution in [0, 0.1) is 0 Å². The highest BCUT2D eigenvalue weighted by molar-refractivity contribution is 5.67. The number of fused-ring (bicyclic) bond motifs is 1. The molecule has 5 nitrogen and oxygen atoms in total. The van der Waals surface area contributed by atoms with E-state index in [0.29, 0.717) is 6.61 Å². The fourth-order valence-corrected chi connectivity index (χ4v) is 2.68.